The van der Waals surface area contributed by atoms with Gasteiger partial charge >= 0.3 is 6.18 Å². The summed E-state index contributed by atoms with van der Waals surface area (Å²) >= 11 is 0. The molecule has 0 rings (SSSR count). The van der Waals surface area contributed by atoms with Gasteiger partial charge in [-0.1, -0.05) is 12.5 Å². The van der Waals surface area contributed by atoms with Crippen LogP contribution in [0.25, 0.3) is 0 Å². The van der Waals surface area contributed by atoms with Gasteiger partial charge in [0.1, 0.15) is 0 Å². The minimum absolute atomic E-state index is 0.0934. The summed E-state index contributed by atoms with van der Waals surface area (Å²) in [5.74, 6) is 0. The maximum absolute atomic E-state index is 12.0. The van der Waals surface area contributed by atoms with E-state index in [1.807, 2.05) is 13.8 Å². The highest BCUT2D eigenvalue weighted by Crippen LogP contribution is 2.23. The molecule has 0 radical (unpaired) electrons. The van der Waals surface area contributed by atoms with Gasteiger partial charge in [0.2, 0.25) is 0 Å². The quantitative estimate of drug-likeness (QED) is 0.649. The van der Waals surface area contributed by atoms with Crippen LogP contribution in [-0.4, -0.2) is 18.8 Å². The van der Waals surface area contributed by atoms with Gasteiger partial charge in [0.15, 0.2) is 0 Å². The summed E-state index contributed by atoms with van der Waals surface area (Å²) in [6.07, 6.45) is -3.09. The highest BCUT2D eigenvalue weighted by molar-refractivity contribution is 4.93. The molecule has 0 amide bonds. The zero-order valence-corrected chi connectivity index (χ0v) is 9.45. The van der Waals surface area contributed by atoms with Crippen molar-refractivity contribution >= 4 is 0 Å². The normalized spacial score (nSPS) is 13.9. The van der Waals surface area contributed by atoms with E-state index in [1.54, 1.807) is 0 Å². The average molecular weight is 223 g/mol. The SMILES string of the molecule is C=C(C)CC(CCC(F)(F)F)NCCC. The van der Waals surface area contributed by atoms with E-state index in [2.05, 4.69) is 11.9 Å². The van der Waals surface area contributed by atoms with Crippen LogP contribution in [0.1, 0.15) is 39.5 Å². The van der Waals surface area contributed by atoms with Crippen LogP contribution in [0.2, 0.25) is 0 Å². The summed E-state index contributed by atoms with van der Waals surface area (Å²) in [5.41, 5.74) is 0.922. The number of rotatable bonds is 7. The molecular weight excluding hydrogens is 203 g/mol. The van der Waals surface area contributed by atoms with Crippen molar-refractivity contribution in [2.24, 2.45) is 0 Å². The van der Waals surface area contributed by atoms with Crippen LogP contribution in [0.3, 0.4) is 0 Å². The number of alkyl halides is 3. The van der Waals surface area contributed by atoms with Crippen molar-refractivity contribution in [1.82, 2.24) is 5.32 Å². The second-order valence-corrected chi connectivity index (χ2v) is 3.97. The van der Waals surface area contributed by atoms with Crippen molar-refractivity contribution in [2.75, 3.05) is 6.54 Å². The Morgan fingerprint density at radius 1 is 1.40 bits per heavy atom. The molecule has 1 N–H and O–H groups in total. The van der Waals surface area contributed by atoms with Gasteiger partial charge in [-0.3, -0.25) is 0 Å². The van der Waals surface area contributed by atoms with E-state index < -0.39 is 12.6 Å². The third kappa shape index (κ3) is 9.79. The highest BCUT2D eigenvalue weighted by atomic mass is 19.4. The average Bonchev–Trinajstić information content (AvgIpc) is 2.07. The zero-order chi connectivity index (χ0) is 11.9. The third-order valence-corrected chi connectivity index (χ3v) is 2.05. The molecule has 0 saturated heterocycles. The predicted molar refractivity (Wildman–Crippen MR) is 56.8 cm³/mol. The Labute approximate surface area is 89.7 Å². The van der Waals surface area contributed by atoms with Gasteiger partial charge < -0.3 is 5.32 Å². The van der Waals surface area contributed by atoms with Crippen LogP contribution in [0, 0.1) is 0 Å². The fraction of sp³-hybridized carbons (Fsp3) is 0.818. The summed E-state index contributed by atoms with van der Waals surface area (Å²) in [6.45, 7) is 8.32. The van der Waals surface area contributed by atoms with E-state index in [9.17, 15) is 13.2 Å². The largest absolute Gasteiger partial charge is 0.389 e. The fourth-order valence-electron chi connectivity index (χ4n) is 1.38. The molecule has 0 aromatic heterocycles. The monoisotopic (exact) mass is 223 g/mol. The van der Waals surface area contributed by atoms with E-state index in [0.29, 0.717) is 6.42 Å². The first-order valence-electron chi connectivity index (χ1n) is 5.29. The lowest BCUT2D eigenvalue weighted by Gasteiger charge is -2.19. The molecule has 1 atom stereocenters. The van der Waals surface area contributed by atoms with Crippen LogP contribution in [0.4, 0.5) is 13.2 Å². The number of hydrogen-bond donors (Lipinski definition) is 1. The van der Waals surface area contributed by atoms with Crippen molar-refractivity contribution in [3.8, 4) is 0 Å². The van der Waals surface area contributed by atoms with Gasteiger partial charge in [0.25, 0.3) is 0 Å². The van der Waals surface area contributed by atoms with E-state index in [0.717, 1.165) is 18.5 Å². The molecule has 0 aromatic carbocycles. The van der Waals surface area contributed by atoms with Gasteiger partial charge in [-0.25, -0.2) is 0 Å². The number of nitrogens with one attached hydrogen (secondary N) is 1. The summed E-state index contributed by atoms with van der Waals surface area (Å²) in [6, 6.07) is -0.0934. The lowest BCUT2D eigenvalue weighted by atomic mass is 10.0. The summed E-state index contributed by atoms with van der Waals surface area (Å²) in [5, 5.41) is 3.11. The molecule has 0 aromatic rings. The molecule has 0 aliphatic carbocycles. The molecular formula is C11H20F3N. The number of halogens is 3. The van der Waals surface area contributed by atoms with E-state index in [4.69, 9.17) is 0 Å². The van der Waals surface area contributed by atoms with Crippen molar-refractivity contribution < 1.29 is 13.2 Å². The van der Waals surface area contributed by atoms with Gasteiger partial charge in [0.05, 0.1) is 0 Å². The smallest absolute Gasteiger partial charge is 0.314 e. The molecule has 0 heterocycles. The molecule has 0 spiro atoms. The minimum atomic E-state index is -4.05. The van der Waals surface area contributed by atoms with E-state index in [1.165, 1.54) is 0 Å². The molecule has 0 aliphatic rings. The predicted octanol–water partition coefficient (Wildman–Crippen LogP) is 3.66. The Hall–Kier alpha value is -0.510. The standard InChI is InChI=1S/C11H20F3N/c1-4-7-15-10(8-9(2)3)5-6-11(12,13)14/h10,15H,2,4-8H2,1,3H3. The summed E-state index contributed by atoms with van der Waals surface area (Å²) in [7, 11) is 0. The van der Waals surface area contributed by atoms with Crippen LogP contribution in [-0.2, 0) is 0 Å². The molecule has 15 heavy (non-hydrogen) atoms. The second kappa shape index (κ2) is 6.88. The Bertz CT molecular complexity index is 187. The first kappa shape index (κ1) is 14.5. The molecule has 90 valence electrons. The topological polar surface area (TPSA) is 12.0 Å². The molecule has 0 bridgehead atoms. The van der Waals surface area contributed by atoms with Gasteiger partial charge in [-0.05, 0) is 32.7 Å². The molecule has 1 nitrogen and oxygen atoms in total. The third-order valence-electron chi connectivity index (χ3n) is 2.05. The molecule has 1 unspecified atom stereocenters. The zero-order valence-electron chi connectivity index (χ0n) is 9.45. The fourth-order valence-corrected chi connectivity index (χ4v) is 1.38. The molecule has 0 fully saturated rings. The molecule has 0 saturated carbocycles. The maximum atomic E-state index is 12.0. The van der Waals surface area contributed by atoms with E-state index in [-0.39, 0.29) is 12.5 Å². The summed E-state index contributed by atoms with van der Waals surface area (Å²) in [4.78, 5) is 0. The Kier molecular flexibility index (Phi) is 6.65. The Balaban J connectivity index is 3.95. The second-order valence-electron chi connectivity index (χ2n) is 3.97. The Morgan fingerprint density at radius 2 is 2.00 bits per heavy atom. The van der Waals surface area contributed by atoms with Crippen molar-refractivity contribution in [1.29, 1.82) is 0 Å². The maximum Gasteiger partial charge on any atom is 0.389 e. The van der Waals surface area contributed by atoms with Crippen molar-refractivity contribution in [3.05, 3.63) is 12.2 Å². The van der Waals surface area contributed by atoms with Gasteiger partial charge in [-0.2, -0.15) is 13.2 Å². The van der Waals surface area contributed by atoms with Crippen molar-refractivity contribution in [3.63, 3.8) is 0 Å². The summed E-state index contributed by atoms with van der Waals surface area (Å²) < 4.78 is 36.1. The van der Waals surface area contributed by atoms with Crippen molar-refractivity contribution in [2.45, 2.75) is 51.7 Å². The van der Waals surface area contributed by atoms with Gasteiger partial charge in [-0.15, -0.1) is 6.58 Å². The lowest BCUT2D eigenvalue weighted by molar-refractivity contribution is -0.136. The van der Waals surface area contributed by atoms with Crippen LogP contribution in [0.15, 0.2) is 12.2 Å². The molecule has 4 heteroatoms. The Morgan fingerprint density at radius 3 is 2.40 bits per heavy atom. The molecule has 0 aliphatic heterocycles. The van der Waals surface area contributed by atoms with Gasteiger partial charge in [0, 0.05) is 12.5 Å². The first-order valence-corrected chi connectivity index (χ1v) is 5.29. The van der Waals surface area contributed by atoms with E-state index >= 15 is 0 Å². The minimum Gasteiger partial charge on any atom is -0.314 e. The van der Waals surface area contributed by atoms with Crippen LogP contribution < -0.4 is 5.32 Å². The van der Waals surface area contributed by atoms with Crippen LogP contribution in [0.5, 0.6) is 0 Å². The lowest BCUT2D eigenvalue weighted by Crippen LogP contribution is -2.31. The number of hydrogen-bond acceptors (Lipinski definition) is 1. The highest BCUT2D eigenvalue weighted by Gasteiger charge is 2.28. The van der Waals surface area contributed by atoms with Crippen LogP contribution >= 0.6 is 0 Å². The first-order chi connectivity index (χ1) is 6.85.